The summed E-state index contributed by atoms with van der Waals surface area (Å²) in [6.07, 6.45) is 15.1. The van der Waals surface area contributed by atoms with Crippen LogP contribution in [0.3, 0.4) is 0 Å². The van der Waals surface area contributed by atoms with E-state index in [2.05, 4.69) is 16.8 Å². The zero-order valence-electron chi connectivity index (χ0n) is 17.1. The Balaban J connectivity index is 0.00000131. The van der Waals surface area contributed by atoms with Gasteiger partial charge < -0.3 is 15.5 Å². The van der Waals surface area contributed by atoms with Crippen LogP contribution in [0.1, 0.15) is 70.6 Å². The number of guanidine groups is 1. The maximum atomic E-state index is 6.42. The third-order valence-electron chi connectivity index (χ3n) is 7.67. The van der Waals surface area contributed by atoms with Gasteiger partial charge in [0.2, 0.25) is 0 Å². The smallest absolute Gasteiger partial charge is 0.191 e. The molecule has 0 aromatic carbocycles. The van der Waals surface area contributed by atoms with Crippen LogP contribution in [0.25, 0.3) is 0 Å². The summed E-state index contributed by atoms with van der Waals surface area (Å²) in [4.78, 5) is 9.76. The molecular weight excluding hydrogens is 379 g/mol. The van der Waals surface area contributed by atoms with E-state index in [1.165, 1.54) is 90.3 Å². The summed E-state index contributed by atoms with van der Waals surface area (Å²) < 4.78 is 0. The molecule has 0 amide bonds. The lowest BCUT2D eigenvalue weighted by atomic mass is 9.52. The van der Waals surface area contributed by atoms with Gasteiger partial charge in [0, 0.05) is 19.1 Å². The molecule has 0 spiro atoms. The molecule has 4 aliphatic carbocycles. The van der Waals surface area contributed by atoms with Crippen molar-refractivity contribution in [3.63, 3.8) is 0 Å². The number of unbranched alkanes of at least 4 members (excludes halogenated alkanes) is 2. The van der Waals surface area contributed by atoms with Crippen molar-refractivity contribution in [3.05, 3.63) is 0 Å². The van der Waals surface area contributed by atoms with Crippen LogP contribution in [0.15, 0.2) is 4.99 Å². The number of aliphatic imine (C=N–C) groups is 1. The van der Waals surface area contributed by atoms with Crippen molar-refractivity contribution in [2.45, 2.75) is 76.2 Å². The summed E-state index contributed by atoms with van der Waals surface area (Å²) in [7, 11) is 2.22. The molecule has 4 saturated carbocycles. The third kappa shape index (κ3) is 5.25. The fourth-order valence-electron chi connectivity index (χ4n) is 6.65. The Morgan fingerprint density at radius 1 is 0.963 bits per heavy atom. The summed E-state index contributed by atoms with van der Waals surface area (Å²) >= 11 is 0. The molecule has 158 valence electrons. The summed E-state index contributed by atoms with van der Waals surface area (Å²) in [5.74, 6) is 3.70. The van der Waals surface area contributed by atoms with Crippen LogP contribution in [0.4, 0.5) is 0 Å². The Kier molecular flexibility index (Phi) is 8.57. The minimum Gasteiger partial charge on any atom is -0.370 e. The van der Waals surface area contributed by atoms with Crippen molar-refractivity contribution in [2.75, 3.05) is 33.2 Å². The van der Waals surface area contributed by atoms with Gasteiger partial charge in [0.1, 0.15) is 0 Å². The zero-order chi connectivity index (χ0) is 17.3. The maximum absolute atomic E-state index is 6.42. The summed E-state index contributed by atoms with van der Waals surface area (Å²) in [5, 5.41) is 0. The first-order valence-electron chi connectivity index (χ1n) is 10.9. The van der Waals surface area contributed by atoms with Gasteiger partial charge in [-0.1, -0.05) is 6.42 Å². The van der Waals surface area contributed by atoms with Crippen LogP contribution in [0, 0.1) is 17.8 Å². The quantitative estimate of drug-likeness (QED) is 0.380. The lowest BCUT2D eigenvalue weighted by Gasteiger charge is -2.60. The average molecular weight is 419 g/mol. The van der Waals surface area contributed by atoms with Crippen molar-refractivity contribution >= 4 is 30.8 Å². The van der Waals surface area contributed by atoms with Gasteiger partial charge in [0.25, 0.3) is 0 Å². The first-order valence-corrected chi connectivity index (χ1v) is 10.9. The summed E-state index contributed by atoms with van der Waals surface area (Å²) in [5.41, 5.74) is 6.77. The van der Waals surface area contributed by atoms with Crippen molar-refractivity contribution in [2.24, 2.45) is 28.5 Å². The number of likely N-dealkylation sites (tertiary alicyclic amines) is 1. The summed E-state index contributed by atoms with van der Waals surface area (Å²) in [6.45, 7) is 4.83. The maximum Gasteiger partial charge on any atom is 0.191 e. The molecular formula is C21H40Cl2N4. The Morgan fingerprint density at radius 3 is 2.07 bits per heavy atom. The molecule has 0 aromatic rings. The van der Waals surface area contributed by atoms with Crippen LogP contribution >= 0.6 is 24.8 Å². The molecule has 1 heterocycles. The SMILES string of the molecule is CN(C(N)=NCCCCCN1CCCC1)C12CC3CC(CC(C3)C1)C2.Cl.Cl. The van der Waals surface area contributed by atoms with E-state index >= 15 is 0 Å². The highest BCUT2D eigenvalue weighted by molar-refractivity contribution is 5.85. The molecule has 5 aliphatic rings. The number of nitrogens with zero attached hydrogens (tertiary/aromatic N) is 3. The largest absolute Gasteiger partial charge is 0.370 e. The highest BCUT2D eigenvalue weighted by atomic mass is 35.5. The highest BCUT2D eigenvalue weighted by Gasteiger charge is 2.53. The molecule has 0 unspecified atom stereocenters. The fraction of sp³-hybridized carbons (Fsp3) is 0.952. The second kappa shape index (κ2) is 10.0. The topological polar surface area (TPSA) is 44.9 Å². The first-order chi connectivity index (χ1) is 12.1. The molecule has 0 radical (unpaired) electrons. The van der Waals surface area contributed by atoms with E-state index < -0.39 is 0 Å². The van der Waals surface area contributed by atoms with Gasteiger partial charge in [-0.15, -0.1) is 24.8 Å². The van der Waals surface area contributed by atoms with Gasteiger partial charge in [0.15, 0.2) is 5.96 Å². The van der Waals surface area contributed by atoms with E-state index in [4.69, 9.17) is 10.7 Å². The van der Waals surface area contributed by atoms with E-state index in [0.717, 1.165) is 30.3 Å². The van der Waals surface area contributed by atoms with E-state index in [1.54, 1.807) is 0 Å². The molecule has 0 atom stereocenters. The van der Waals surface area contributed by atoms with E-state index in [-0.39, 0.29) is 24.8 Å². The van der Waals surface area contributed by atoms with Gasteiger partial charge in [-0.25, -0.2) is 0 Å². The third-order valence-corrected chi connectivity index (χ3v) is 7.67. The second-order valence-electron chi connectivity index (χ2n) is 9.55. The van der Waals surface area contributed by atoms with Crippen LogP contribution in [-0.4, -0.2) is 54.5 Å². The molecule has 1 aliphatic heterocycles. The predicted octanol–water partition coefficient (Wildman–Crippen LogP) is 4.31. The van der Waals surface area contributed by atoms with Gasteiger partial charge in [0.05, 0.1) is 0 Å². The monoisotopic (exact) mass is 418 g/mol. The predicted molar refractivity (Wildman–Crippen MR) is 119 cm³/mol. The molecule has 5 rings (SSSR count). The van der Waals surface area contributed by atoms with Gasteiger partial charge in [-0.2, -0.15) is 0 Å². The molecule has 4 bridgehead atoms. The van der Waals surface area contributed by atoms with Crippen LogP contribution in [-0.2, 0) is 0 Å². The highest BCUT2D eigenvalue weighted by Crippen LogP contribution is 2.57. The minimum absolute atomic E-state index is 0. The molecule has 1 saturated heterocycles. The molecule has 4 nitrogen and oxygen atoms in total. The molecule has 2 N–H and O–H groups in total. The van der Waals surface area contributed by atoms with E-state index in [1.807, 2.05) is 0 Å². The normalized spacial score (nSPS) is 35.0. The van der Waals surface area contributed by atoms with Crippen molar-refractivity contribution < 1.29 is 0 Å². The van der Waals surface area contributed by atoms with E-state index in [0.29, 0.717) is 5.54 Å². The standard InChI is InChI=1S/C21H38N4.2ClH/c1-24(21-14-17-11-18(15-21)13-19(12-17)16-21)20(22)23-7-3-2-4-8-25-9-5-6-10-25;;/h17-19H,2-16H2,1H3,(H2,22,23);2*1H. The zero-order valence-corrected chi connectivity index (χ0v) is 18.7. The fourth-order valence-corrected chi connectivity index (χ4v) is 6.65. The molecule has 0 aromatic heterocycles. The van der Waals surface area contributed by atoms with E-state index in [9.17, 15) is 0 Å². The number of hydrogen-bond acceptors (Lipinski definition) is 2. The lowest BCUT2D eigenvalue weighted by Crippen LogP contribution is -2.61. The number of rotatable bonds is 7. The van der Waals surface area contributed by atoms with Gasteiger partial charge in [-0.3, -0.25) is 4.99 Å². The Labute approximate surface area is 178 Å². The second-order valence-corrected chi connectivity index (χ2v) is 9.55. The van der Waals surface area contributed by atoms with Crippen LogP contribution in [0.5, 0.6) is 0 Å². The first kappa shape index (κ1) is 23.1. The van der Waals surface area contributed by atoms with Crippen LogP contribution in [0.2, 0.25) is 0 Å². The van der Waals surface area contributed by atoms with Crippen molar-refractivity contribution in [3.8, 4) is 0 Å². The summed E-state index contributed by atoms with van der Waals surface area (Å²) in [6, 6.07) is 0. The minimum atomic E-state index is 0. The molecule has 6 heteroatoms. The Morgan fingerprint density at radius 2 is 1.52 bits per heavy atom. The van der Waals surface area contributed by atoms with Crippen LogP contribution < -0.4 is 5.73 Å². The van der Waals surface area contributed by atoms with Gasteiger partial charge in [-0.05, 0) is 102 Å². The molecule has 27 heavy (non-hydrogen) atoms. The molecule has 5 fully saturated rings. The van der Waals surface area contributed by atoms with Gasteiger partial charge >= 0.3 is 0 Å². The Bertz CT molecular complexity index is 455. The average Bonchev–Trinajstić information content (AvgIpc) is 3.09. The lowest BCUT2D eigenvalue weighted by molar-refractivity contribution is -0.0550. The Hall–Kier alpha value is -0.190. The van der Waals surface area contributed by atoms with Crippen molar-refractivity contribution in [1.82, 2.24) is 9.80 Å². The number of halogens is 2. The number of hydrogen-bond donors (Lipinski definition) is 1. The number of nitrogens with two attached hydrogens (primary N) is 1. The van der Waals surface area contributed by atoms with Crippen molar-refractivity contribution in [1.29, 1.82) is 0 Å².